The van der Waals surface area contributed by atoms with E-state index in [2.05, 4.69) is 18.8 Å². The fraction of sp³-hybridized carbons (Fsp3) is 0.412. The highest BCUT2D eigenvalue weighted by molar-refractivity contribution is 6.24. The normalized spacial score (nSPS) is 22.9. The minimum Gasteiger partial charge on any atom is -0.511 e. The smallest absolute Gasteiger partial charge is 0.168 e. The number of aliphatic hydroxyl groups is 1. The molecule has 20 heavy (non-hydrogen) atoms. The van der Waals surface area contributed by atoms with Gasteiger partial charge in [0.2, 0.25) is 0 Å². The van der Waals surface area contributed by atoms with Gasteiger partial charge in [-0.25, -0.2) is 0 Å². The second-order valence-corrected chi connectivity index (χ2v) is 6.10. The lowest BCUT2D eigenvalue weighted by Crippen LogP contribution is -2.32. The Morgan fingerprint density at radius 3 is 2.50 bits per heavy atom. The topological polar surface area (TPSA) is 49.7 Å². The maximum atomic E-state index is 12.3. The van der Waals surface area contributed by atoms with Crippen molar-refractivity contribution in [2.24, 2.45) is 10.4 Å². The summed E-state index contributed by atoms with van der Waals surface area (Å²) >= 11 is 0. The first kappa shape index (κ1) is 14.5. The molecule has 0 atom stereocenters. The molecule has 1 aromatic carbocycles. The van der Waals surface area contributed by atoms with Crippen LogP contribution in [-0.4, -0.2) is 23.6 Å². The Kier molecular flexibility index (Phi) is 4.07. The highest BCUT2D eigenvalue weighted by Crippen LogP contribution is 2.35. The van der Waals surface area contributed by atoms with Gasteiger partial charge in [-0.15, -0.1) is 0 Å². The molecule has 0 bridgehead atoms. The predicted octanol–water partition coefficient (Wildman–Crippen LogP) is 3.50. The van der Waals surface area contributed by atoms with E-state index < -0.39 is 0 Å². The summed E-state index contributed by atoms with van der Waals surface area (Å²) in [6.45, 7) is 4.11. The Labute approximate surface area is 120 Å². The van der Waals surface area contributed by atoms with Gasteiger partial charge in [0.15, 0.2) is 5.78 Å². The minimum absolute atomic E-state index is 0.00437. The van der Waals surface area contributed by atoms with E-state index in [9.17, 15) is 9.90 Å². The number of hydrogen-bond acceptors (Lipinski definition) is 3. The van der Waals surface area contributed by atoms with E-state index >= 15 is 0 Å². The minimum atomic E-state index is -0.0809. The highest BCUT2D eigenvalue weighted by atomic mass is 16.3. The Balaban J connectivity index is 2.33. The Morgan fingerprint density at radius 2 is 1.90 bits per heavy atom. The second kappa shape index (κ2) is 5.61. The van der Waals surface area contributed by atoms with Crippen molar-refractivity contribution >= 4 is 11.5 Å². The second-order valence-electron chi connectivity index (χ2n) is 6.10. The molecule has 3 heteroatoms. The van der Waals surface area contributed by atoms with Crippen LogP contribution in [0.4, 0.5) is 0 Å². The summed E-state index contributed by atoms with van der Waals surface area (Å²) in [5.41, 5.74) is 2.06. The molecule has 2 rings (SSSR count). The van der Waals surface area contributed by atoms with E-state index in [1.165, 1.54) is 0 Å². The van der Waals surface area contributed by atoms with Crippen LogP contribution in [0.5, 0.6) is 0 Å². The van der Waals surface area contributed by atoms with Crippen molar-refractivity contribution in [1.82, 2.24) is 0 Å². The number of allylic oxidation sites excluding steroid dienone is 2. The van der Waals surface area contributed by atoms with Crippen molar-refractivity contribution in [3.05, 3.63) is 47.2 Å². The molecule has 0 aromatic heterocycles. The van der Waals surface area contributed by atoms with E-state index in [4.69, 9.17) is 0 Å². The summed E-state index contributed by atoms with van der Waals surface area (Å²) in [5.74, 6) is 0.132. The number of benzene rings is 1. The van der Waals surface area contributed by atoms with Crippen LogP contribution in [-0.2, 0) is 11.2 Å². The maximum absolute atomic E-state index is 12.3. The molecular weight excluding hydrogens is 250 g/mol. The number of hydrogen-bond donors (Lipinski definition) is 1. The van der Waals surface area contributed by atoms with E-state index in [1.807, 2.05) is 30.3 Å². The predicted molar refractivity (Wildman–Crippen MR) is 81.2 cm³/mol. The zero-order valence-electron chi connectivity index (χ0n) is 12.3. The Hall–Kier alpha value is -1.90. The molecular formula is C17H21NO2. The van der Waals surface area contributed by atoms with Crippen molar-refractivity contribution < 1.29 is 9.90 Å². The Bertz CT molecular complexity index is 568. The van der Waals surface area contributed by atoms with Gasteiger partial charge in [0.1, 0.15) is 5.76 Å². The highest BCUT2D eigenvalue weighted by Gasteiger charge is 2.35. The fourth-order valence-corrected chi connectivity index (χ4v) is 2.68. The number of rotatable bonds is 2. The molecule has 1 aromatic rings. The van der Waals surface area contributed by atoms with Crippen molar-refractivity contribution in [3.63, 3.8) is 0 Å². The lowest BCUT2D eigenvalue weighted by Gasteiger charge is -2.31. The zero-order valence-corrected chi connectivity index (χ0v) is 12.3. The first-order valence-electron chi connectivity index (χ1n) is 6.88. The number of carbonyl (C=O) groups is 1. The summed E-state index contributed by atoms with van der Waals surface area (Å²) in [6, 6.07) is 9.66. The average Bonchev–Trinajstić information content (AvgIpc) is 2.37. The van der Waals surface area contributed by atoms with E-state index in [-0.39, 0.29) is 17.0 Å². The van der Waals surface area contributed by atoms with E-state index in [0.29, 0.717) is 18.4 Å². The molecule has 1 aliphatic carbocycles. The van der Waals surface area contributed by atoms with Crippen LogP contribution in [0.25, 0.3) is 0 Å². The van der Waals surface area contributed by atoms with Crippen LogP contribution in [0, 0.1) is 5.41 Å². The first-order chi connectivity index (χ1) is 9.43. The van der Waals surface area contributed by atoms with Crippen LogP contribution in [0.2, 0.25) is 0 Å². The zero-order chi connectivity index (χ0) is 14.8. The van der Waals surface area contributed by atoms with E-state index in [0.717, 1.165) is 17.7 Å². The molecule has 0 spiro atoms. The molecule has 0 aliphatic heterocycles. The van der Waals surface area contributed by atoms with Crippen LogP contribution in [0.15, 0.2) is 46.7 Å². The van der Waals surface area contributed by atoms with Crippen LogP contribution < -0.4 is 0 Å². The van der Waals surface area contributed by atoms with Crippen LogP contribution in [0.1, 0.15) is 32.3 Å². The summed E-state index contributed by atoms with van der Waals surface area (Å²) in [7, 11) is 1.68. The number of carbonyl (C=O) groups excluding carboxylic acids is 1. The quantitative estimate of drug-likeness (QED) is 0.661. The average molecular weight is 271 g/mol. The molecule has 0 radical (unpaired) electrons. The molecule has 1 N–H and O–H groups in total. The van der Waals surface area contributed by atoms with Crippen molar-refractivity contribution in [2.75, 3.05) is 7.05 Å². The first-order valence-corrected chi connectivity index (χ1v) is 6.88. The Morgan fingerprint density at radius 1 is 1.25 bits per heavy atom. The van der Waals surface area contributed by atoms with Crippen molar-refractivity contribution in [1.29, 1.82) is 0 Å². The number of ketones is 1. The number of nitrogens with zero attached hydrogens (tertiary/aromatic N) is 1. The van der Waals surface area contributed by atoms with Gasteiger partial charge in [-0.05, 0) is 17.4 Å². The lowest BCUT2D eigenvalue weighted by molar-refractivity contribution is -0.117. The van der Waals surface area contributed by atoms with Crippen molar-refractivity contribution in [2.45, 2.75) is 33.1 Å². The SMILES string of the molecule is CN=C1CC(C)(C)CC(=O)/C1=C(/O)Cc1ccccc1. The number of aliphatic hydroxyl groups excluding tert-OH is 1. The molecule has 1 fully saturated rings. The third-order valence-electron chi connectivity index (χ3n) is 3.63. The summed E-state index contributed by atoms with van der Waals surface area (Å²) in [6.07, 6.45) is 1.56. The van der Waals surface area contributed by atoms with Gasteiger partial charge >= 0.3 is 0 Å². The van der Waals surface area contributed by atoms with Gasteiger partial charge in [-0.2, -0.15) is 0 Å². The standard InChI is InChI=1S/C17H21NO2/c1-17(2)10-13(18-3)16(15(20)11-17)14(19)9-12-7-5-4-6-8-12/h4-8,19H,9-11H2,1-3H3/b16-14+,18-13?. The molecule has 0 amide bonds. The summed E-state index contributed by atoms with van der Waals surface area (Å²) in [4.78, 5) is 16.5. The molecule has 106 valence electrons. The third kappa shape index (κ3) is 3.16. The van der Waals surface area contributed by atoms with Crippen molar-refractivity contribution in [3.8, 4) is 0 Å². The molecule has 0 heterocycles. The summed E-state index contributed by atoms with van der Waals surface area (Å²) < 4.78 is 0. The molecule has 0 unspecified atom stereocenters. The van der Waals surface area contributed by atoms with Gasteiger partial charge in [0, 0.05) is 25.6 Å². The van der Waals surface area contributed by atoms with Crippen LogP contribution in [0.3, 0.4) is 0 Å². The third-order valence-corrected chi connectivity index (χ3v) is 3.63. The molecule has 0 saturated heterocycles. The van der Waals surface area contributed by atoms with Gasteiger partial charge in [0.05, 0.1) is 5.57 Å². The fourth-order valence-electron chi connectivity index (χ4n) is 2.68. The van der Waals surface area contributed by atoms with E-state index in [1.54, 1.807) is 7.05 Å². The summed E-state index contributed by atoms with van der Waals surface area (Å²) in [5, 5.41) is 10.3. The molecule has 1 saturated carbocycles. The monoisotopic (exact) mass is 271 g/mol. The maximum Gasteiger partial charge on any atom is 0.168 e. The number of aliphatic imine (C=N–C) groups is 1. The molecule has 3 nitrogen and oxygen atoms in total. The van der Waals surface area contributed by atoms with Crippen LogP contribution >= 0.6 is 0 Å². The van der Waals surface area contributed by atoms with Gasteiger partial charge < -0.3 is 5.11 Å². The lowest BCUT2D eigenvalue weighted by atomic mass is 9.73. The number of Topliss-reactive ketones (excluding diaryl/α,β-unsaturated/α-hetero) is 1. The van der Waals surface area contributed by atoms with Gasteiger partial charge in [-0.1, -0.05) is 44.2 Å². The molecule has 1 aliphatic rings. The van der Waals surface area contributed by atoms with Gasteiger partial charge in [0.25, 0.3) is 0 Å². The van der Waals surface area contributed by atoms with Gasteiger partial charge in [-0.3, -0.25) is 9.79 Å². The largest absolute Gasteiger partial charge is 0.511 e.